The highest BCUT2D eigenvalue weighted by molar-refractivity contribution is 5.74. The van der Waals surface area contributed by atoms with E-state index in [-0.39, 0.29) is 11.8 Å². The number of nitrogens with zero attached hydrogens (tertiary/aromatic N) is 7. The van der Waals surface area contributed by atoms with Crippen LogP contribution in [0.2, 0.25) is 0 Å². The normalized spacial score (nSPS) is 18.7. The topological polar surface area (TPSA) is 108 Å². The quantitative estimate of drug-likeness (QED) is 0.558. The molecule has 0 amide bonds. The molecule has 9 heteroatoms. The number of hydrogen-bond acceptors (Lipinski definition) is 9. The Morgan fingerprint density at radius 1 is 1.00 bits per heavy atom. The van der Waals surface area contributed by atoms with E-state index < -0.39 is 0 Å². The van der Waals surface area contributed by atoms with Crippen LogP contribution in [0.25, 0.3) is 11.3 Å². The van der Waals surface area contributed by atoms with Gasteiger partial charge in [0, 0.05) is 37.9 Å². The standard InChI is InChI=1S/C26H30N8O/c1-32-13-4-6-19(32)9-10-24-28-12-11-25(29-24)34-15-5-14-33(16-17-34)22-18-21(30-31-26(22)27)20-7-2-3-8-23(20)35/h2-3,7-8,11-12,18-19,35H,4-6,13-17H2,1H3,(H2,27,31)/t19-/m0/s1. The van der Waals surface area contributed by atoms with E-state index in [9.17, 15) is 5.11 Å². The van der Waals surface area contributed by atoms with E-state index in [2.05, 4.69) is 48.8 Å². The number of para-hydroxylation sites is 1. The maximum Gasteiger partial charge on any atom is 0.206 e. The fourth-order valence-corrected chi connectivity index (χ4v) is 4.68. The predicted molar refractivity (Wildman–Crippen MR) is 137 cm³/mol. The average molecular weight is 471 g/mol. The molecule has 5 rings (SSSR count). The number of nitrogens with two attached hydrogens (primary N) is 1. The van der Waals surface area contributed by atoms with Crippen LogP contribution in [0.1, 0.15) is 25.1 Å². The fourth-order valence-electron chi connectivity index (χ4n) is 4.68. The second kappa shape index (κ2) is 10.2. The summed E-state index contributed by atoms with van der Waals surface area (Å²) in [5.74, 6) is 8.52. The number of likely N-dealkylation sites (tertiary alicyclic amines) is 1. The van der Waals surface area contributed by atoms with Crippen molar-refractivity contribution in [1.29, 1.82) is 0 Å². The predicted octanol–water partition coefficient (Wildman–Crippen LogP) is 2.38. The molecular formula is C26H30N8O. The Morgan fingerprint density at radius 2 is 1.83 bits per heavy atom. The zero-order valence-electron chi connectivity index (χ0n) is 19.9. The van der Waals surface area contributed by atoms with E-state index in [0.29, 0.717) is 22.9 Å². The number of nitrogen functional groups attached to an aromatic ring is 1. The number of aromatic hydroxyl groups is 1. The molecule has 3 N–H and O–H groups in total. The molecule has 1 atom stereocenters. The molecule has 2 fully saturated rings. The SMILES string of the molecule is CN1CCC[C@H]1C#Cc1nccc(N2CCCN(c3cc(-c4ccccc4O)nnc3N)CC2)n1. The highest BCUT2D eigenvalue weighted by Crippen LogP contribution is 2.31. The highest BCUT2D eigenvalue weighted by Gasteiger charge is 2.21. The summed E-state index contributed by atoms with van der Waals surface area (Å²) >= 11 is 0. The third-order valence-corrected chi connectivity index (χ3v) is 6.65. The first kappa shape index (κ1) is 22.9. The lowest BCUT2D eigenvalue weighted by atomic mass is 10.1. The first-order valence-corrected chi connectivity index (χ1v) is 12.0. The number of phenolic OH excluding ortho intramolecular Hbond substituents is 1. The zero-order chi connectivity index (χ0) is 24.2. The Morgan fingerprint density at radius 3 is 2.66 bits per heavy atom. The first-order valence-electron chi connectivity index (χ1n) is 12.0. The largest absolute Gasteiger partial charge is 0.507 e. The summed E-state index contributed by atoms with van der Waals surface area (Å²) in [6.45, 7) is 4.34. The smallest absolute Gasteiger partial charge is 0.206 e. The van der Waals surface area contributed by atoms with Gasteiger partial charge in [0.2, 0.25) is 5.82 Å². The van der Waals surface area contributed by atoms with E-state index in [0.717, 1.165) is 57.1 Å². The molecule has 180 valence electrons. The van der Waals surface area contributed by atoms with Gasteiger partial charge in [0.15, 0.2) is 5.82 Å². The molecule has 1 aromatic carbocycles. The van der Waals surface area contributed by atoms with Crippen LogP contribution in [0, 0.1) is 11.8 Å². The van der Waals surface area contributed by atoms with Crippen LogP contribution >= 0.6 is 0 Å². The van der Waals surface area contributed by atoms with Gasteiger partial charge >= 0.3 is 0 Å². The molecular weight excluding hydrogens is 440 g/mol. The van der Waals surface area contributed by atoms with Crippen LogP contribution in [0.4, 0.5) is 17.3 Å². The van der Waals surface area contributed by atoms with Gasteiger partial charge in [0.1, 0.15) is 11.6 Å². The van der Waals surface area contributed by atoms with Gasteiger partial charge in [-0.25, -0.2) is 9.97 Å². The summed E-state index contributed by atoms with van der Waals surface area (Å²) in [4.78, 5) is 15.9. The van der Waals surface area contributed by atoms with Crippen molar-refractivity contribution in [3.05, 3.63) is 48.4 Å². The van der Waals surface area contributed by atoms with Gasteiger partial charge in [0.25, 0.3) is 0 Å². The number of phenols is 1. The minimum Gasteiger partial charge on any atom is -0.507 e. The van der Waals surface area contributed by atoms with Crippen LogP contribution in [0.15, 0.2) is 42.6 Å². The van der Waals surface area contributed by atoms with Gasteiger partial charge < -0.3 is 20.6 Å². The molecule has 0 radical (unpaired) electrons. The van der Waals surface area contributed by atoms with Gasteiger partial charge in [-0.15, -0.1) is 10.2 Å². The van der Waals surface area contributed by atoms with Crippen molar-refractivity contribution in [2.24, 2.45) is 0 Å². The molecule has 0 aliphatic carbocycles. The number of anilines is 3. The van der Waals surface area contributed by atoms with Gasteiger partial charge in [-0.1, -0.05) is 18.1 Å². The number of benzene rings is 1. The molecule has 0 unspecified atom stereocenters. The maximum absolute atomic E-state index is 10.2. The zero-order valence-corrected chi connectivity index (χ0v) is 19.9. The summed E-state index contributed by atoms with van der Waals surface area (Å²) < 4.78 is 0. The first-order chi connectivity index (χ1) is 17.1. The summed E-state index contributed by atoms with van der Waals surface area (Å²) in [5, 5.41) is 18.6. The van der Waals surface area contributed by atoms with E-state index in [1.165, 1.54) is 6.42 Å². The molecule has 4 heterocycles. The Labute approximate surface area is 205 Å². The number of hydrogen-bond donors (Lipinski definition) is 2. The van der Waals surface area contributed by atoms with E-state index >= 15 is 0 Å². The maximum atomic E-state index is 10.2. The molecule has 0 bridgehead atoms. The van der Waals surface area contributed by atoms with Crippen LogP contribution in [-0.2, 0) is 0 Å². The summed E-state index contributed by atoms with van der Waals surface area (Å²) in [6.07, 6.45) is 5.01. The van der Waals surface area contributed by atoms with Crippen molar-refractivity contribution in [2.45, 2.75) is 25.3 Å². The fraction of sp³-hybridized carbons (Fsp3) is 0.385. The molecule has 9 nitrogen and oxygen atoms in total. The lowest BCUT2D eigenvalue weighted by Gasteiger charge is -2.25. The summed E-state index contributed by atoms with van der Waals surface area (Å²) in [5.41, 5.74) is 8.28. The van der Waals surface area contributed by atoms with Crippen LogP contribution < -0.4 is 15.5 Å². The molecule has 2 aromatic heterocycles. The molecule has 2 aliphatic heterocycles. The van der Waals surface area contributed by atoms with Gasteiger partial charge in [0.05, 0.1) is 17.4 Å². The average Bonchev–Trinajstić information content (AvgIpc) is 3.13. The minimum atomic E-state index is 0.168. The summed E-state index contributed by atoms with van der Waals surface area (Å²) in [6, 6.07) is 11.3. The Bertz CT molecular complexity index is 1250. The van der Waals surface area contributed by atoms with E-state index in [1.807, 2.05) is 24.3 Å². The second-order valence-electron chi connectivity index (χ2n) is 8.99. The second-order valence-corrected chi connectivity index (χ2v) is 8.99. The van der Waals surface area contributed by atoms with E-state index in [4.69, 9.17) is 10.7 Å². The van der Waals surface area contributed by atoms with Gasteiger partial charge in [-0.2, -0.15) is 0 Å². The molecule has 35 heavy (non-hydrogen) atoms. The number of rotatable bonds is 3. The molecule has 3 aromatic rings. The molecule has 0 spiro atoms. The third kappa shape index (κ3) is 5.12. The van der Waals surface area contributed by atoms with Crippen molar-refractivity contribution in [2.75, 3.05) is 55.3 Å². The molecule has 0 saturated carbocycles. The number of aromatic nitrogens is 4. The molecule has 2 aliphatic rings. The van der Waals surface area contributed by atoms with Gasteiger partial charge in [-0.3, -0.25) is 4.90 Å². The Hall–Kier alpha value is -3.90. The highest BCUT2D eigenvalue weighted by atomic mass is 16.3. The van der Waals surface area contributed by atoms with E-state index in [1.54, 1.807) is 18.3 Å². The van der Waals surface area contributed by atoms with Crippen LogP contribution in [-0.4, -0.2) is 76.0 Å². The van der Waals surface area contributed by atoms with Gasteiger partial charge in [-0.05, 0) is 63.0 Å². The Kier molecular flexibility index (Phi) is 6.64. The van der Waals surface area contributed by atoms with Crippen molar-refractivity contribution in [3.63, 3.8) is 0 Å². The third-order valence-electron chi connectivity index (χ3n) is 6.65. The monoisotopic (exact) mass is 470 g/mol. The van der Waals surface area contributed by atoms with Crippen LogP contribution in [0.3, 0.4) is 0 Å². The van der Waals surface area contributed by atoms with Crippen LogP contribution in [0.5, 0.6) is 5.75 Å². The van der Waals surface area contributed by atoms with Crippen molar-refractivity contribution in [1.82, 2.24) is 25.1 Å². The Balaban J connectivity index is 1.31. The lowest BCUT2D eigenvalue weighted by molar-refractivity contribution is 0.365. The van der Waals surface area contributed by atoms with Crippen molar-refractivity contribution < 1.29 is 5.11 Å². The molecule has 2 saturated heterocycles. The lowest BCUT2D eigenvalue weighted by Crippen LogP contribution is -2.31. The summed E-state index contributed by atoms with van der Waals surface area (Å²) in [7, 11) is 2.11. The van der Waals surface area contributed by atoms with Crippen molar-refractivity contribution >= 4 is 17.3 Å². The van der Waals surface area contributed by atoms with Crippen molar-refractivity contribution in [3.8, 4) is 28.8 Å². The minimum absolute atomic E-state index is 0.168.